The summed E-state index contributed by atoms with van der Waals surface area (Å²) in [5.41, 5.74) is 1.12. The van der Waals surface area contributed by atoms with Crippen molar-refractivity contribution in [2.24, 2.45) is 0 Å². The van der Waals surface area contributed by atoms with Gasteiger partial charge in [-0.05, 0) is 20.3 Å². The summed E-state index contributed by atoms with van der Waals surface area (Å²) < 4.78 is 0. The summed E-state index contributed by atoms with van der Waals surface area (Å²) in [6.45, 7) is 15.8. The largest absolute Gasteiger partial charge is 0.370 e. The Balaban J connectivity index is 3.15. The predicted molar refractivity (Wildman–Crippen MR) is 83.1 cm³/mol. The highest BCUT2D eigenvalue weighted by Crippen LogP contribution is 2.24. The molecule has 0 saturated carbocycles. The van der Waals surface area contributed by atoms with E-state index in [4.69, 9.17) is 4.98 Å². The quantitative estimate of drug-likeness (QED) is 0.854. The summed E-state index contributed by atoms with van der Waals surface area (Å²) in [5, 5.41) is 3.37. The molecule has 4 heteroatoms. The Morgan fingerprint density at radius 1 is 1.11 bits per heavy atom. The summed E-state index contributed by atoms with van der Waals surface area (Å²) in [6, 6.07) is 2.07. The monoisotopic (exact) mass is 264 g/mol. The number of nitrogens with zero attached hydrogens (tertiary/aromatic N) is 3. The maximum atomic E-state index is 4.73. The molecule has 19 heavy (non-hydrogen) atoms. The van der Waals surface area contributed by atoms with Crippen molar-refractivity contribution >= 4 is 11.8 Å². The molecule has 1 aromatic heterocycles. The molecule has 1 heterocycles. The maximum Gasteiger partial charge on any atom is 0.227 e. The van der Waals surface area contributed by atoms with Crippen molar-refractivity contribution in [2.45, 2.75) is 53.4 Å². The first-order valence-electron chi connectivity index (χ1n) is 7.30. The number of hydrogen-bond acceptors (Lipinski definition) is 4. The van der Waals surface area contributed by atoms with Crippen LogP contribution >= 0.6 is 0 Å². The van der Waals surface area contributed by atoms with Crippen LogP contribution in [0, 0.1) is 0 Å². The van der Waals surface area contributed by atoms with Gasteiger partial charge in [0.05, 0.1) is 5.69 Å². The molecule has 0 atom stereocenters. The molecule has 0 bridgehead atoms. The van der Waals surface area contributed by atoms with Crippen molar-refractivity contribution in [3.05, 3.63) is 11.8 Å². The van der Waals surface area contributed by atoms with Crippen LogP contribution in [-0.4, -0.2) is 29.6 Å². The second-order valence-electron chi connectivity index (χ2n) is 5.79. The van der Waals surface area contributed by atoms with Crippen LogP contribution in [-0.2, 0) is 5.41 Å². The summed E-state index contributed by atoms with van der Waals surface area (Å²) in [6.07, 6.45) is 1.09. The Bertz CT molecular complexity index is 392. The van der Waals surface area contributed by atoms with Crippen LogP contribution in [0.4, 0.5) is 11.8 Å². The van der Waals surface area contributed by atoms with Gasteiger partial charge in [-0.15, -0.1) is 0 Å². The van der Waals surface area contributed by atoms with Crippen LogP contribution in [0.1, 0.15) is 53.7 Å². The van der Waals surface area contributed by atoms with Gasteiger partial charge in [-0.1, -0.05) is 27.7 Å². The number of nitrogens with one attached hydrogen (secondary N) is 1. The van der Waals surface area contributed by atoms with E-state index in [-0.39, 0.29) is 5.41 Å². The van der Waals surface area contributed by atoms with E-state index in [0.717, 1.165) is 43.5 Å². The Morgan fingerprint density at radius 2 is 1.74 bits per heavy atom. The summed E-state index contributed by atoms with van der Waals surface area (Å²) >= 11 is 0. The van der Waals surface area contributed by atoms with Crippen molar-refractivity contribution in [3.63, 3.8) is 0 Å². The molecule has 4 nitrogen and oxygen atoms in total. The van der Waals surface area contributed by atoms with Crippen LogP contribution in [0.5, 0.6) is 0 Å². The highest BCUT2D eigenvalue weighted by atomic mass is 15.3. The summed E-state index contributed by atoms with van der Waals surface area (Å²) in [4.78, 5) is 11.5. The third kappa shape index (κ3) is 4.37. The molecular weight excluding hydrogens is 236 g/mol. The minimum absolute atomic E-state index is 0.0352. The van der Waals surface area contributed by atoms with Gasteiger partial charge < -0.3 is 10.2 Å². The molecule has 0 spiro atoms. The van der Waals surface area contributed by atoms with Gasteiger partial charge in [0.2, 0.25) is 5.95 Å². The third-order valence-electron chi connectivity index (χ3n) is 3.09. The van der Waals surface area contributed by atoms with E-state index in [2.05, 4.69) is 62.8 Å². The van der Waals surface area contributed by atoms with Gasteiger partial charge in [-0.3, -0.25) is 0 Å². The first-order chi connectivity index (χ1) is 8.92. The van der Waals surface area contributed by atoms with Crippen LogP contribution < -0.4 is 10.2 Å². The lowest BCUT2D eigenvalue weighted by atomic mass is 9.92. The molecule has 0 amide bonds. The lowest BCUT2D eigenvalue weighted by Crippen LogP contribution is -2.26. The molecule has 0 aliphatic carbocycles. The van der Waals surface area contributed by atoms with E-state index in [9.17, 15) is 0 Å². The molecule has 1 rings (SSSR count). The molecule has 0 aliphatic rings. The molecule has 0 radical (unpaired) electrons. The third-order valence-corrected chi connectivity index (χ3v) is 3.09. The smallest absolute Gasteiger partial charge is 0.227 e. The molecule has 1 aromatic rings. The number of rotatable bonds is 6. The zero-order valence-electron chi connectivity index (χ0n) is 13.2. The van der Waals surface area contributed by atoms with E-state index in [1.54, 1.807) is 0 Å². The average molecular weight is 264 g/mol. The average Bonchev–Trinajstić information content (AvgIpc) is 2.36. The van der Waals surface area contributed by atoms with Gasteiger partial charge in [0.1, 0.15) is 5.82 Å². The first kappa shape index (κ1) is 15.7. The number of anilines is 2. The number of aromatic nitrogens is 2. The zero-order valence-corrected chi connectivity index (χ0v) is 13.2. The van der Waals surface area contributed by atoms with Gasteiger partial charge in [0.15, 0.2) is 0 Å². The zero-order chi connectivity index (χ0) is 14.5. The van der Waals surface area contributed by atoms with Crippen LogP contribution in [0.3, 0.4) is 0 Å². The Morgan fingerprint density at radius 3 is 2.21 bits per heavy atom. The topological polar surface area (TPSA) is 41.1 Å². The number of hydrogen-bond donors (Lipinski definition) is 1. The van der Waals surface area contributed by atoms with Gasteiger partial charge in [-0.2, -0.15) is 4.98 Å². The lowest BCUT2D eigenvalue weighted by Gasteiger charge is -2.24. The minimum Gasteiger partial charge on any atom is -0.370 e. The predicted octanol–water partition coefficient (Wildman–Crippen LogP) is 3.44. The van der Waals surface area contributed by atoms with E-state index in [0.29, 0.717) is 0 Å². The SMILES string of the molecule is CCCNc1cc(C(C)(C)C)nc(N(CC)CC)n1. The van der Waals surface area contributed by atoms with E-state index in [1.807, 2.05) is 0 Å². The molecule has 0 fully saturated rings. The second-order valence-corrected chi connectivity index (χ2v) is 5.79. The van der Waals surface area contributed by atoms with Crippen molar-refractivity contribution in [3.8, 4) is 0 Å². The standard InChI is InChI=1S/C15H28N4/c1-7-10-16-13-11-12(15(4,5)6)17-14(18-13)19(8-2)9-3/h11H,7-10H2,1-6H3,(H,16,17,18). The summed E-state index contributed by atoms with van der Waals surface area (Å²) in [7, 11) is 0. The summed E-state index contributed by atoms with van der Waals surface area (Å²) in [5.74, 6) is 1.76. The molecule has 1 N–H and O–H groups in total. The van der Waals surface area contributed by atoms with Crippen molar-refractivity contribution in [1.82, 2.24) is 9.97 Å². The van der Waals surface area contributed by atoms with E-state index in [1.165, 1.54) is 0 Å². The molecule has 0 aliphatic heterocycles. The molecular formula is C15H28N4. The van der Waals surface area contributed by atoms with Gasteiger partial charge in [0, 0.05) is 31.1 Å². The molecule has 0 saturated heterocycles. The van der Waals surface area contributed by atoms with Crippen molar-refractivity contribution in [1.29, 1.82) is 0 Å². The molecule has 108 valence electrons. The Hall–Kier alpha value is -1.32. The Labute approximate surface area is 117 Å². The van der Waals surface area contributed by atoms with Crippen LogP contribution in [0.25, 0.3) is 0 Å². The van der Waals surface area contributed by atoms with Crippen molar-refractivity contribution < 1.29 is 0 Å². The van der Waals surface area contributed by atoms with Gasteiger partial charge >= 0.3 is 0 Å². The maximum absolute atomic E-state index is 4.73. The highest BCUT2D eigenvalue weighted by Gasteiger charge is 2.19. The van der Waals surface area contributed by atoms with E-state index >= 15 is 0 Å². The molecule has 0 unspecified atom stereocenters. The fourth-order valence-electron chi connectivity index (χ4n) is 1.81. The minimum atomic E-state index is 0.0352. The van der Waals surface area contributed by atoms with E-state index < -0.39 is 0 Å². The first-order valence-corrected chi connectivity index (χ1v) is 7.30. The van der Waals surface area contributed by atoms with Crippen LogP contribution in [0.2, 0.25) is 0 Å². The van der Waals surface area contributed by atoms with Crippen molar-refractivity contribution in [2.75, 3.05) is 29.9 Å². The molecule has 0 aromatic carbocycles. The second kappa shape index (κ2) is 6.73. The Kier molecular flexibility index (Phi) is 5.58. The van der Waals surface area contributed by atoms with Gasteiger partial charge in [0.25, 0.3) is 0 Å². The lowest BCUT2D eigenvalue weighted by molar-refractivity contribution is 0.565. The fraction of sp³-hybridized carbons (Fsp3) is 0.733. The fourth-order valence-corrected chi connectivity index (χ4v) is 1.81. The van der Waals surface area contributed by atoms with Gasteiger partial charge in [-0.25, -0.2) is 4.98 Å². The van der Waals surface area contributed by atoms with Crippen LogP contribution in [0.15, 0.2) is 6.07 Å². The normalized spacial score (nSPS) is 11.5. The highest BCUT2D eigenvalue weighted by molar-refractivity contribution is 5.45.